The van der Waals surface area contributed by atoms with E-state index in [4.69, 9.17) is 0 Å². The molecule has 0 aliphatic heterocycles. The number of allylic oxidation sites excluding steroid dienone is 1. The molecule has 7 rings (SSSR count). The average Bonchev–Trinajstić information content (AvgIpc) is 3.67. The third-order valence-corrected chi connectivity index (χ3v) is 10.9. The van der Waals surface area contributed by atoms with Crippen LogP contribution < -0.4 is 4.90 Å². The van der Waals surface area contributed by atoms with Gasteiger partial charge in [-0.05, 0) is 65.6 Å². The standard InChI is InChI=1S/C34H25NO2S3/c1-34(2,3)20-14-15-24-25(16-20)31(37)26(30(24)36)17-23-18-27-32(38-23)33-28(39-27)19-29(40-33)35(21-10-6-4-7-11-21)22-12-8-5-9-13-22/h4-19H,1-3H3/b26-17-. The molecule has 0 radical (unpaired) electrons. The normalized spacial score (nSPS) is 14.5. The highest BCUT2D eigenvalue weighted by Crippen LogP contribution is 2.49. The number of ketones is 2. The van der Waals surface area contributed by atoms with Gasteiger partial charge in [0, 0.05) is 36.8 Å². The summed E-state index contributed by atoms with van der Waals surface area (Å²) in [5.74, 6) is -0.352. The van der Waals surface area contributed by atoms with Crippen LogP contribution in [0.2, 0.25) is 0 Å². The number of fused-ring (bicyclic) bond motifs is 4. The maximum absolute atomic E-state index is 13.3. The Morgan fingerprint density at radius 1 is 0.650 bits per heavy atom. The molecule has 40 heavy (non-hydrogen) atoms. The van der Waals surface area contributed by atoms with Gasteiger partial charge < -0.3 is 4.90 Å². The van der Waals surface area contributed by atoms with Gasteiger partial charge >= 0.3 is 0 Å². The van der Waals surface area contributed by atoms with Crippen LogP contribution >= 0.6 is 34.0 Å². The van der Waals surface area contributed by atoms with E-state index in [9.17, 15) is 9.59 Å². The third-order valence-electron chi connectivity index (χ3n) is 7.23. The number of hydrogen-bond donors (Lipinski definition) is 0. The summed E-state index contributed by atoms with van der Waals surface area (Å²) >= 11 is 5.18. The highest BCUT2D eigenvalue weighted by atomic mass is 32.1. The maximum atomic E-state index is 13.3. The molecule has 0 N–H and O–H groups in total. The van der Waals surface area contributed by atoms with Crippen molar-refractivity contribution in [3.63, 3.8) is 0 Å². The third kappa shape index (κ3) is 4.15. The molecule has 0 unspecified atom stereocenters. The zero-order valence-corrected chi connectivity index (χ0v) is 24.7. The minimum atomic E-state index is -0.179. The van der Waals surface area contributed by atoms with Gasteiger partial charge in [0.25, 0.3) is 0 Å². The first-order valence-electron chi connectivity index (χ1n) is 13.1. The molecule has 0 spiro atoms. The number of carbonyl (C=O) groups is 2. The summed E-state index contributed by atoms with van der Waals surface area (Å²) in [5.41, 5.74) is 4.48. The minimum Gasteiger partial charge on any atom is -0.302 e. The van der Waals surface area contributed by atoms with Crippen molar-refractivity contribution in [1.82, 2.24) is 0 Å². The van der Waals surface area contributed by atoms with Crippen molar-refractivity contribution in [1.29, 1.82) is 0 Å². The van der Waals surface area contributed by atoms with Crippen LogP contribution in [-0.4, -0.2) is 11.6 Å². The lowest BCUT2D eigenvalue weighted by atomic mass is 9.85. The second-order valence-corrected chi connectivity index (χ2v) is 14.2. The van der Waals surface area contributed by atoms with E-state index in [0.29, 0.717) is 11.1 Å². The van der Waals surface area contributed by atoms with E-state index in [2.05, 4.69) is 86.3 Å². The number of carbonyl (C=O) groups excluding carboxylic acids is 2. The summed E-state index contributed by atoms with van der Waals surface area (Å²) in [6, 6.07) is 30.9. The van der Waals surface area contributed by atoms with Crippen LogP contribution in [0.15, 0.2) is 96.6 Å². The molecule has 6 aromatic rings. The lowest BCUT2D eigenvalue weighted by Crippen LogP contribution is -2.12. The van der Waals surface area contributed by atoms with E-state index < -0.39 is 0 Å². The molecule has 0 atom stereocenters. The van der Waals surface area contributed by atoms with Gasteiger partial charge in [-0.1, -0.05) is 63.2 Å². The second-order valence-electron chi connectivity index (χ2n) is 11.0. The number of benzene rings is 3. The summed E-state index contributed by atoms with van der Waals surface area (Å²) < 4.78 is 4.87. The van der Waals surface area contributed by atoms with Crippen LogP contribution in [0.25, 0.3) is 24.9 Å². The molecule has 3 heterocycles. The predicted octanol–water partition coefficient (Wildman–Crippen LogP) is 10.4. The van der Waals surface area contributed by atoms with Crippen molar-refractivity contribution in [3.05, 3.63) is 118 Å². The van der Waals surface area contributed by atoms with Gasteiger partial charge in [0.1, 0.15) is 5.00 Å². The van der Waals surface area contributed by atoms with Crippen LogP contribution in [-0.2, 0) is 5.41 Å². The molecular formula is C34H25NO2S3. The Morgan fingerprint density at radius 3 is 1.90 bits per heavy atom. The van der Waals surface area contributed by atoms with E-state index in [-0.39, 0.29) is 22.6 Å². The van der Waals surface area contributed by atoms with Crippen LogP contribution in [0, 0.1) is 0 Å². The van der Waals surface area contributed by atoms with Gasteiger partial charge in [-0.2, -0.15) is 0 Å². The molecule has 0 fully saturated rings. The van der Waals surface area contributed by atoms with Crippen molar-refractivity contribution in [2.75, 3.05) is 4.90 Å². The van der Waals surface area contributed by atoms with Gasteiger partial charge in [0.15, 0.2) is 11.6 Å². The molecule has 3 aromatic carbocycles. The van der Waals surface area contributed by atoms with Crippen LogP contribution in [0.4, 0.5) is 16.4 Å². The van der Waals surface area contributed by atoms with Crippen LogP contribution in [0.3, 0.4) is 0 Å². The van der Waals surface area contributed by atoms with Gasteiger partial charge in [-0.3, -0.25) is 9.59 Å². The summed E-state index contributed by atoms with van der Waals surface area (Å²) in [6.45, 7) is 6.34. The predicted molar refractivity (Wildman–Crippen MR) is 172 cm³/mol. The molecular weight excluding hydrogens is 551 g/mol. The number of Topliss-reactive ketones (excluding diaryl/α,β-unsaturated/α-hetero) is 2. The topological polar surface area (TPSA) is 37.4 Å². The summed E-state index contributed by atoms with van der Waals surface area (Å²) in [6.07, 6.45) is 1.79. The average molecular weight is 576 g/mol. The second kappa shape index (κ2) is 9.37. The molecule has 0 saturated heterocycles. The van der Waals surface area contributed by atoms with Crippen molar-refractivity contribution in [2.45, 2.75) is 26.2 Å². The fraction of sp³-hybridized carbons (Fsp3) is 0.118. The maximum Gasteiger partial charge on any atom is 0.197 e. The molecule has 3 nitrogen and oxygen atoms in total. The molecule has 196 valence electrons. The Hall–Kier alpha value is -3.84. The fourth-order valence-corrected chi connectivity index (χ4v) is 9.16. The van der Waals surface area contributed by atoms with Crippen LogP contribution in [0.5, 0.6) is 0 Å². The zero-order valence-electron chi connectivity index (χ0n) is 22.2. The highest BCUT2D eigenvalue weighted by Gasteiger charge is 2.34. The van der Waals surface area contributed by atoms with Gasteiger partial charge in [-0.25, -0.2) is 0 Å². The summed E-state index contributed by atoms with van der Waals surface area (Å²) in [4.78, 5) is 29.7. The fourth-order valence-electron chi connectivity index (χ4n) is 5.14. The first-order valence-corrected chi connectivity index (χ1v) is 15.5. The monoisotopic (exact) mass is 575 g/mol. The summed E-state index contributed by atoms with van der Waals surface area (Å²) in [5, 5.41) is 1.15. The molecule has 1 aliphatic carbocycles. The van der Waals surface area contributed by atoms with Gasteiger partial charge in [-0.15, -0.1) is 34.0 Å². The smallest absolute Gasteiger partial charge is 0.197 e. The van der Waals surface area contributed by atoms with E-state index in [0.717, 1.165) is 26.8 Å². The molecule has 0 bridgehead atoms. The van der Waals surface area contributed by atoms with E-state index in [1.165, 1.54) is 18.8 Å². The first kappa shape index (κ1) is 25.1. The minimum absolute atomic E-state index is 0.0928. The Bertz CT molecular complexity index is 1930. The Balaban J connectivity index is 1.27. The molecule has 0 saturated carbocycles. The Labute approximate surface area is 244 Å². The first-order chi connectivity index (χ1) is 19.3. The molecule has 0 amide bonds. The van der Waals surface area contributed by atoms with Gasteiger partial charge in [0.05, 0.1) is 15.0 Å². The lowest BCUT2D eigenvalue weighted by Gasteiger charge is -2.23. The molecule has 1 aliphatic rings. The number of anilines is 3. The van der Waals surface area contributed by atoms with Gasteiger partial charge in [0.2, 0.25) is 0 Å². The zero-order chi connectivity index (χ0) is 27.6. The molecule has 6 heteroatoms. The number of para-hydroxylation sites is 2. The summed E-state index contributed by atoms with van der Waals surface area (Å²) in [7, 11) is 0. The lowest BCUT2D eigenvalue weighted by molar-refractivity contribution is 0.0990. The van der Waals surface area contributed by atoms with Crippen molar-refractivity contribution in [3.8, 4) is 0 Å². The Morgan fingerprint density at radius 2 is 1.25 bits per heavy atom. The number of rotatable bonds is 4. The Kier molecular flexibility index (Phi) is 5.89. The van der Waals surface area contributed by atoms with Crippen molar-refractivity contribution < 1.29 is 9.59 Å². The number of thiophene rings is 3. The highest BCUT2D eigenvalue weighted by molar-refractivity contribution is 7.39. The number of hydrogen-bond acceptors (Lipinski definition) is 6. The SMILES string of the molecule is CC(C)(C)c1ccc2c(c1)C(=O)/C(=C\c1cc3sc4cc(N(c5ccccc5)c5ccccc5)sc4c3s1)C2=O. The van der Waals surface area contributed by atoms with Crippen molar-refractivity contribution in [2.24, 2.45) is 0 Å². The number of nitrogens with zero attached hydrogens (tertiary/aromatic N) is 1. The van der Waals surface area contributed by atoms with Crippen molar-refractivity contribution >= 4 is 86.8 Å². The van der Waals surface area contributed by atoms with E-state index >= 15 is 0 Å². The largest absolute Gasteiger partial charge is 0.302 e. The van der Waals surface area contributed by atoms with Crippen LogP contribution in [0.1, 0.15) is 51.9 Å². The molecule has 3 aromatic heterocycles. The van der Waals surface area contributed by atoms with E-state index in [1.807, 2.05) is 30.3 Å². The van der Waals surface area contributed by atoms with E-state index in [1.54, 1.807) is 40.1 Å². The quantitative estimate of drug-likeness (QED) is 0.155.